The minimum absolute atomic E-state index is 0.0614. The van der Waals surface area contributed by atoms with Crippen molar-refractivity contribution in [3.63, 3.8) is 0 Å². The monoisotopic (exact) mass is 378 g/mol. The summed E-state index contributed by atoms with van der Waals surface area (Å²) in [5, 5.41) is 16.5. The summed E-state index contributed by atoms with van der Waals surface area (Å²) in [6.07, 6.45) is 3.02. The van der Waals surface area contributed by atoms with Crippen LogP contribution in [0.1, 0.15) is 13.8 Å². The maximum Gasteiger partial charge on any atom is 0.223 e. The van der Waals surface area contributed by atoms with Crippen molar-refractivity contribution in [1.82, 2.24) is 19.9 Å². The molecular weight excluding hydrogens is 363 g/mol. The molecule has 7 nitrogen and oxygen atoms in total. The fourth-order valence-electron chi connectivity index (χ4n) is 2.06. The van der Waals surface area contributed by atoms with Gasteiger partial charge in [0, 0.05) is 5.69 Å². The zero-order valence-electron chi connectivity index (χ0n) is 13.6. The number of aromatic nitrogens is 4. The van der Waals surface area contributed by atoms with Crippen molar-refractivity contribution in [2.24, 2.45) is 0 Å². The third kappa shape index (κ3) is 4.07. The molecule has 130 valence electrons. The molecule has 9 heteroatoms. The zero-order chi connectivity index (χ0) is 18.0. The first-order valence-corrected chi connectivity index (χ1v) is 8.22. The molecule has 0 bridgehead atoms. The van der Waals surface area contributed by atoms with Crippen molar-refractivity contribution in [3.8, 4) is 0 Å². The van der Waals surface area contributed by atoms with Gasteiger partial charge < -0.3 is 15.7 Å². The summed E-state index contributed by atoms with van der Waals surface area (Å²) < 4.78 is 0. The average molecular weight is 379 g/mol. The molecule has 2 aromatic heterocycles. The minimum Gasteiger partial charge on any atom is -0.394 e. The van der Waals surface area contributed by atoms with Gasteiger partial charge in [0.1, 0.15) is 17.4 Å². The lowest BCUT2D eigenvalue weighted by Gasteiger charge is -2.23. The van der Waals surface area contributed by atoms with E-state index in [1.165, 1.54) is 6.33 Å². The van der Waals surface area contributed by atoms with Gasteiger partial charge in [-0.3, -0.25) is 0 Å². The summed E-state index contributed by atoms with van der Waals surface area (Å²) in [5.74, 6) is 0.884. The second-order valence-corrected chi connectivity index (χ2v) is 6.89. The normalized spacial score (nSPS) is 11.6. The first-order chi connectivity index (χ1) is 11.9. The van der Waals surface area contributed by atoms with Crippen LogP contribution in [0.4, 0.5) is 17.5 Å². The highest BCUT2D eigenvalue weighted by molar-refractivity contribution is 6.42. The molecule has 3 N–H and O–H groups in total. The molecular formula is C16H16Cl2N6O. The molecule has 3 aromatic rings. The Morgan fingerprint density at radius 3 is 2.64 bits per heavy atom. The highest BCUT2D eigenvalue weighted by Gasteiger charge is 2.18. The number of fused-ring (bicyclic) bond motifs is 1. The Hall–Kier alpha value is -2.22. The maximum absolute atomic E-state index is 9.39. The number of hydrogen-bond acceptors (Lipinski definition) is 7. The number of rotatable bonds is 5. The predicted octanol–water partition coefficient (Wildman–Crippen LogP) is 3.65. The van der Waals surface area contributed by atoms with Crippen LogP contribution < -0.4 is 10.6 Å². The number of nitrogens with one attached hydrogen (secondary N) is 2. The standard InChI is InChI=1S/C16H16Cl2N6O/c1-16(2,7-25)24-15-19-6-12-13(23-15)14(21-8-20-12)22-9-3-4-10(17)11(18)5-9/h3-6,8,25H,7H2,1-2H3,(H,19,23,24)(H,20,21,22). The second kappa shape index (κ2) is 6.95. The lowest BCUT2D eigenvalue weighted by Crippen LogP contribution is -2.35. The predicted molar refractivity (Wildman–Crippen MR) is 99.7 cm³/mol. The number of halogens is 2. The number of aliphatic hydroxyl groups is 1. The summed E-state index contributed by atoms with van der Waals surface area (Å²) in [7, 11) is 0. The van der Waals surface area contributed by atoms with Gasteiger partial charge in [0.2, 0.25) is 5.95 Å². The molecule has 2 heterocycles. The Morgan fingerprint density at radius 1 is 1.12 bits per heavy atom. The van der Waals surface area contributed by atoms with Gasteiger partial charge in [-0.25, -0.2) is 19.9 Å². The van der Waals surface area contributed by atoms with Crippen LogP contribution in [0.2, 0.25) is 10.0 Å². The molecule has 0 fully saturated rings. The van der Waals surface area contributed by atoms with Crippen LogP contribution in [0.5, 0.6) is 0 Å². The zero-order valence-corrected chi connectivity index (χ0v) is 15.1. The molecule has 3 rings (SSSR count). The van der Waals surface area contributed by atoms with Crippen LogP contribution in [-0.4, -0.2) is 37.2 Å². The van der Waals surface area contributed by atoms with E-state index in [4.69, 9.17) is 23.2 Å². The number of nitrogens with zero attached hydrogens (tertiary/aromatic N) is 4. The van der Waals surface area contributed by atoms with Crippen molar-refractivity contribution in [2.75, 3.05) is 17.2 Å². The Bertz CT molecular complexity index is 918. The Labute approximate surface area is 154 Å². The first kappa shape index (κ1) is 17.6. The van der Waals surface area contributed by atoms with Crippen molar-refractivity contribution < 1.29 is 5.11 Å². The van der Waals surface area contributed by atoms with Gasteiger partial charge in [0.25, 0.3) is 0 Å². The molecule has 1 aromatic carbocycles. The highest BCUT2D eigenvalue weighted by atomic mass is 35.5. The van der Waals surface area contributed by atoms with E-state index in [1.807, 2.05) is 13.8 Å². The number of hydrogen-bond donors (Lipinski definition) is 3. The van der Waals surface area contributed by atoms with Gasteiger partial charge in [-0.15, -0.1) is 0 Å². The summed E-state index contributed by atoms with van der Waals surface area (Å²) in [4.78, 5) is 17.1. The smallest absolute Gasteiger partial charge is 0.223 e. The molecule has 0 radical (unpaired) electrons. The third-order valence-electron chi connectivity index (χ3n) is 3.41. The lowest BCUT2D eigenvalue weighted by atomic mass is 10.1. The van der Waals surface area contributed by atoms with Crippen molar-refractivity contribution in [3.05, 3.63) is 40.8 Å². The van der Waals surface area contributed by atoms with Gasteiger partial charge in [-0.1, -0.05) is 23.2 Å². The fraction of sp³-hybridized carbons (Fsp3) is 0.250. The van der Waals surface area contributed by atoms with E-state index in [1.54, 1.807) is 24.4 Å². The number of anilines is 3. The van der Waals surface area contributed by atoms with E-state index in [0.717, 1.165) is 5.69 Å². The van der Waals surface area contributed by atoms with E-state index in [9.17, 15) is 5.11 Å². The van der Waals surface area contributed by atoms with Crippen LogP contribution in [0.3, 0.4) is 0 Å². The molecule has 0 saturated heterocycles. The van der Waals surface area contributed by atoms with Gasteiger partial charge >= 0.3 is 0 Å². The maximum atomic E-state index is 9.39. The van der Waals surface area contributed by atoms with Gasteiger partial charge in [-0.05, 0) is 32.0 Å². The average Bonchev–Trinajstić information content (AvgIpc) is 2.58. The Kier molecular flexibility index (Phi) is 4.89. The molecule has 0 spiro atoms. The number of aliphatic hydroxyl groups excluding tert-OH is 1. The van der Waals surface area contributed by atoms with Crippen LogP contribution in [-0.2, 0) is 0 Å². The van der Waals surface area contributed by atoms with E-state index < -0.39 is 5.54 Å². The lowest BCUT2D eigenvalue weighted by molar-refractivity contribution is 0.233. The summed E-state index contributed by atoms with van der Waals surface area (Å²) >= 11 is 12.0. The van der Waals surface area contributed by atoms with E-state index >= 15 is 0 Å². The van der Waals surface area contributed by atoms with Crippen molar-refractivity contribution >= 4 is 51.7 Å². The summed E-state index contributed by atoms with van der Waals surface area (Å²) in [5.41, 5.74) is 1.29. The van der Waals surface area contributed by atoms with E-state index in [-0.39, 0.29) is 6.61 Å². The molecule has 0 atom stereocenters. The van der Waals surface area contributed by atoms with Crippen LogP contribution >= 0.6 is 23.2 Å². The van der Waals surface area contributed by atoms with E-state index in [0.29, 0.717) is 32.8 Å². The van der Waals surface area contributed by atoms with Crippen molar-refractivity contribution in [1.29, 1.82) is 0 Å². The molecule has 0 unspecified atom stereocenters. The molecule has 0 saturated carbocycles. The highest BCUT2D eigenvalue weighted by Crippen LogP contribution is 2.28. The van der Waals surface area contributed by atoms with Crippen molar-refractivity contribution in [2.45, 2.75) is 19.4 Å². The molecule has 0 aliphatic heterocycles. The minimum atomic E-state index is -0.555. The summed E-state index contributed by atoms with van der Waals surface area (Å²) in [6.45, 7) is 3.63. The fourth-order valence-corrected chi connectivity index (χ4v) is 2.36. The van der Waals surface area contributed by atoms with Gasteiger partial charge in [0.15, 0.2) is 5.82 Å². The van der Waals surface area contributed by atoms with Crippen LogP contribution in [0, 0.1) is 0 Å². The molecule has 25 heavy (non-hydrogen) atoms. The molecule has 0 amide bonds. The third-order valence-corrected chi connectivity index (χ3v) is 4.14. The molecule has 0 aliphatic rings. The SMILES string of the molecule is CC(C)(CO)Nc1ncc2ncnc(Nc3ccc(Cl)c(Cl)c3)c2n1. The summed E-state index contributed by atoms with van der Waals surface area (Å²) in [6, 6.07) is 5.19. The Balaban J connectivity index is 1.98. The van der Waals surface area contributed by atoms with Gasteiger partial charge in [-0.2, -0.15) is 0 Å². The van der Waals surface area contributed by atoms with Crippen LogP contribution in [0.15, 0.2) is 30.7 Å². The first-order valence-electron chi connectivity index (χ1n) is 7.47. The number of benzene rings is 1. The van der Waals surface area contributed by atoms with Crippen LogP contribution in [0.25, 0.3) is 11.0 Å². The molecule has 0 aliphatic carbocycles. The Morgan fingerprint density at radius 2 is 1.92 bits per heavy atom. The van der Waals surface area contributed by atoms with E-state index in [2.05, 4.69) is 30.6 Å². The largest absolute Gasteiger partial charge is 0.394 e. The topological polar surface area (TPSA) is 95.9 Å². The van der Waals surface area contributed by atoms with Gasteiger partial charge in [0.05, 0.1) is 28.4 Å². The second-order valence-electron chi connectivity index (χ2n) is 6.07. The quantitative estimate of drug-likeness (QED) is 0.623.